The van der Waals surface area contributed by atoms with Gasteiger partial charge in [-0.15, -0.1) is 0 Å². The third-order valence-electron chi connectivity index (χ3n) is 3.99. The molecule has 1 aliphatic carbocycles. The van der Waals surface area contributed by atoms with Gasteiger partial charge < -0.3 is 10.5 Å². The monoisotopic (exact) mass is 261 g/mol. The van der Waals surface area contributed by atoms with E-state index < -0.39 is 5.54 Å². The molecule has 1 aromatic carbocycles. The number of hydrogen-bond acceptors (Lipinski definition) is 3. The van der Waals surface area contributed by atoms with Crippen molar-refractivity contribution in [2.24, 2.45) is 11.7 Å². The minimum absolute atomic E-state index is 0.244. The Labute approximate surface area is 115 Å². The lowest BCUT2D eigenvalue weighted by Crippen LogP contribution is -2.52. The van der Waals surface area contributed by atoms with Crippen LogP contribution in [0.25, 0.3) is 0 Å². The molecule has 0 amide bonds. The summed E-state index contributed by atoms with van der Waals surface area (Å²) < 4.78 is 5.56. The van der Waals surface area contributed by atoms with Crippen LogP contribution in [-0.2, 0) is 9.53 Å². The first-order valence-corrected chi connectivity index (χ1v) is 7.06. The molecule has 1 fully saturated rings. The molecule has 0 spiro atoms. The number of rotatable bonds is 3. The van der Waals surface area contributed by atoms with Crippen molar-refractivity contribution in [1.82, 2.24) is 0 Å². The number of hydrogen-bond donors (Lipinski definition) is 1. The van der Waals surface area contributed by atoms with Gasteiger partial charge in [0.05, 0.1) is 0 Å². The molecule has 3 nitrogen and oxygen atoms in total. The lowest BCUT2D eigenvalue weighted by molar-refractivity contribution is -0.157. The Morgan fingerprint density at radius 3 is 2.74 bits per heavy atom. The van der Waals surface area contributed by atoms with Crippen LogP contribution in [0.4, 0.5) is 0 Å². The third-order valence-corrected chi connectivity index (χ3v) is 3.99. The fourth-order valence-electron chi connectivity index (χ4n) is 2.85. The van der Waals surface area contributed by atoms with Crippen LogP contribution < -0.4 is 5.73 Å². The Hall–Kier alpha value is -1.35. The smallest absolute Gasteiger partial charge is 0.326 e. The van der Waals surface area contributed by atoms with E-state index in [9.17, 15) is 4.79 Å². The maximum atomic E-state index is 12.3. The molecule has 1 saturated carbocycles. The SMILES string of the molecule is CC1CCCC(N)(C(=O)OC(C)c2ccccc2)C1. The van der Waals surface area contributed by atoms with E-state index in [1.54, 1.807) is 0 Å². The van der Waals surface area contributed by atoms with E-state index in [-0.39, 0.29) is 12.1 Å². The quantitative estimate of drug-likeness (QED) is 0.850. The molecule has 3 unspecified atom stereocenters. The molecule has 0 heterocycles. The molecule has 1 aliphatic rings. The second kappa shape index (κ2) is 5.74. The number of benzene rings is 1. The van der Waals surface area contributed by atoms with Crippen molar-refractivity contribution < 1.29 is 9.53 Å². The van der Waals surface area contributed by atoms with E-state index in [0.717, 1.165) is 31.2 Å². The fraction of sp³-hybridized carbons (Fsp3) is 0.562. The summed E-state index contributed by atoms with van der Waals surface area (Å²) in [6, 6.07) is 9.77. The molecule has 19 heavy (non-hydrogen) atoms. The lowest BCUT2D eigenvalue weighted by Gasteiger charge is -2.35. The largest absolute Gasteiger partial charge is 0.456 e. The minimum atomic E-state index is -0.791. The average molecular weight is 261 g/mol. The predicted octanol–water partition coefficient (Wildman–Crippen LogP) is 3.20. The van der Waals surface area contributed by atoms with Crippen LogP contribution in [0.3, 0.4) is 0 Å². The van der Waals surface area contributed by atoms with Gasteiger partial charge >= 0.3 is 5.97 Å². The molecular weight excluding hydrogens is 238 g/mol. The molecule has 0 aliphatic heterocycles. The van der Waals surface area contributed by atoms with Crippen molar-refractivity contribution >= 4 is 5.97 Å². The highest BCUT2D eigenvalue weighted by molar-refractivity contribution is 5.81. The van der Waals surface area contributed by atoms with Crippen molar-refractivity contribution in [3.05, 3.63) is 35.9 Å². The maximum absolute atomic E-state index is 12.3. The van der Waals surface area contributed by atoms with Crippen molar-refractivity contribution in [1.29, 1.82) is 0 Å². The van der Waals surface area contributed by atoms with Crippen LogP contribution in [0.2, 0.25) is 0 Å². The van der Waals surface area contributed by atoms with Gasteiger partial charge in [0.25, 0.3) is 0 Å². The standard InChI is InChI=1S/C16H23NO2/c1-12-7-6-10-16(17,11-12)15(18)19-13(2)14-8-4-3-5-9-14/h3-5,8-9,12-13H,6-7,10-11,17H2,1-2H3. The molecule has 0 bridgehead atoms. The van der Waals surface area contributed by atoms with Crippen molar-refractivity contribution in [2.75, 3.05) is 0 Å². The molecule has 0 aromatic heterocycles. The summed E-state index contributed by atoms with van der Waals surface area (Å²) >= 11 is 0. The zero-order chi connectivity index (χ0) is 13.9. The average Bonchev–Trinajstić information content (AvgIpc) is 2.39. The highest BCUT2D eigenvalue weighted by Gasteiger charge is 2.40. The highest BCUT2D eigenvalue weighted by Crippen LogP contribution is 2.32. The Morgan fingerprint density at radius 1 is 1.42 bits per heavy atom. The van der Waals surface area contributed by atoms with Crippen molar-refractivity contribution in [3.63, 3.8) is 0 Å². The number of nitrogens with two attached hydrogens (primary N) is 1. The van der Waals surface area contributed by atoms with E-state index in [4.69, 9.17) is 10.5 Å². The van der Waals surface area contributed by atoms with Gasteiger partial charge in [0.1, 0.15) is 11.6 Å². The summed E-state index contributed by atoms with van der Waals surface area (Å²) in [5, 5.41) is 0. The second-order valence-corrected chi connectivity index (χ2v) is 5.82. The van der Waals surface area contributed by atoms with Crippen molar-refractivity contribution in [2.45, 2.75) is 51.2 Å². The number of carbonyl (C=O) groups excluding carboxylic acids is 1. The van der Waals surface area contributed by atoms with Gasteiger partial charge in [0, 0.05) is 0 Å². The van der Waals surface area contributed by atoms with Crippen LogP contribution in [0.5, 0.6) is 0 Å². The number of carbonyl (C=O) groups is 1. The molecular formula is C16H23NO2. The summed E-state index contributed by atoms with van der Waals surface area (Å²) in [6.07, 6.45) is 3.38. The van der Waals surface area contributed by atoms with Gasteiger partial charge in [0.15, 0.2) is 0 Å². The van der Waals surface area contributed by atoms with E-state index in [1.165, 1.54) is 0 Å². The van der Waals surface area contributed by atoms with E-state index in [2.05, 4.69) is 6.92 Å². The topological polar surface area (TPSA) is 52.3 Å². The Bertz CT molecular complexity index is 432. The molecule has 1 aromatic rings. The maximum Gasteiger partial charge on any atom is 0.326 e. The summed E-state index contributed by atoms with van der Waals surface area (Å²) in [4.78, 5) is 12.3. The van der Waals surface area contributed by atoms with Crippen LogP contribution in [0, 0.1) is 5.92 Å². The van der Waals surface area contributed by atoms with Gasteiger partial charge in [-0.3, -0.25) is 4.79 Å². The van der Waals surface area contributed by atoms with Gasteiger partial charge in [0.2, 0.25) is 0 Å². The van der Waals surface area contributed by atoms with Crippen LogP contribution in [-0.4, -0.2) is 11.5 Å². The molecule has 2 rings (SSSR count). The van der Waals surface area contributed by atoms with Crippen LogP contribution in [0.15, 0.2) is 30.3 Å². The van der Waals surface area contributed by atoms with Crippen LogP contribution in [0.1, 0.15) is 51.2 Å². The minimum Gasteiger partial charge on any atom is -0.456 e. The predicted molar refractivity (Wildman–Crippen MR) is 75.5 cm³/mol. The van der Waals surface area contributed by atoms with Gasteiger partial charge in [-0.05, 0) is 31.2 Å². The summed E-state index contributed by atoms with van der Waals surface area (Å²) in [7, 11) is 0. The zero-order valence-electron chi connectivity index (χ0n) is 11.8. The lowest BCUT2D eigenvalue weighted by atomic mass is 9.77. The molecule has 0 radical (unpaired) electrons. The number of ether oxygens (including phenoxy) is 1. The second-order valence-electron chi connectivity index (χ2n) is 5.82. The zero-order valence-corrected chi connectivity index (χ0v) is 11.8. The molecule has 2 N–H and O–H groups in total. The summed E-state index contributed by atoms with van der Waals surface area (Å²) in [6.45, 7) is 4.04. The summed E-state index contributed by atoms with van der Waals surface area (Å²) in [5.41, 5.74) is 6.46. The summed E-state index contributed by atoms with van der Waals surface area (Å²) in [5.74, 6) is 0.244. The van der Waals surface area contributed by atoms with Crippen LogP contribution >= 0.6 is 0 Å². The van der Waals surface area contributed by atoms with E-state index in [0.29, 0.717) is 5.92 Å². The molecule has 3 heteroatoms. The first kappa shape index (κ1) is 14.1. The first-order valence-electron chi connectivity index (χ1n) is 7.06. The van der Waals surface area contributed by atoms with E-state index >= 15 is 0 Å². The Balaban J connectivity index is 2.00. The van der Waals surface area contributed by atoms with E-state index in [1.807, 2.05) is 37.3 Å². The van der Waals surface area contributed by atoms with Gasteiger partial charge in [-0.1, -0.05) is 50.1 Å². The van der Waals surface area contributed by atoms with Gasteiger partial charge in [-0.2, -0.15) is 0 Å². The molecule has 104 valence electrons. The number of esters is 1. The molecule has 3 atom stereocenters. The Morgan fingerprint density at radius 2 is 2.11 bits per heavy atom. The van der Waals surface area contributed by atoms with Crippen molar-refractivity contribution in [3.8, 4) is 0 Å². The normalized spacial score (nSPS) is 28.7. The van der Waals surface area contributed by atoms with Gasteiger partial charge in [-0.25, -0.2) is 0 Å². The first-order chi connectivity index (χ1) is 9.01. The third kappa shape index (κ3) is 3.35. The fourth-order valence-corrected chi connectivity index (χ4v) is 2.85. The molecule has 0 saturated heterocycles. The Kier molecular flexibility index (Phi) is 4.25. The highest BCUT2D eigenvalue weighted by atomic mass is 16.5.